The van der Waals surface area contributed by atoms with Crippen molar-refractivity contribution >= 4 is 34.6 Å². The average Bonchev–Trinajstić information content (AvgIpc) is 2.85. The Bertz CT molecular complexity index is 1240. The van der Waals surface area contributed by atoms with E-state index in [4.69, 9.17) is 14.2 Å². The molecule has 0 heterocycles. The van der Waals surface area contributed by atoms with E-state index in [1.807, 2.05) is 18.2 Å². The summed E-state index contributed by atoms with van der Waals surface area (Å²) in [6.45, 7) is 0.437. The first kappa shape index (κ1) is 25.1. The number of nitrogens with zero attached hydrogens (tertiary/aromatic N) is 1. The standard InChI is InChI=1S/C26H22FIN2O4/c1-32-22-8-6-17(7-9-22)15-30-26(31)20(14-29)10-19-12-23(28)25(24(13-19)33-2)34-16-18-4-3-5-21(27)11-18/h3-13H,15-16H2,1-2H3,(H,30,31)/b20-10-. The van der Waals surface area contributed by atoms with Crippen LogP contribution in [0.1, 0.15) is 16.7 Å². The van der Waals surface area contributed by atoms with Crippen molar-refractivity contribution in [3.63, 3.8) is 0 Å². The van der Waals surface area contributed by atoms with Crippen LogP contribution in [-0.2, 0) is 17.9 Å². The zero-order chi connectivity index (χ0) is 24.5. The van der Waals surface area contributed by atoms with Crippen LogP contribution in [0.3, 0.4) is 0 Å². The van der Waals surface area contributed by atoms with Crippen LogP contribution in [0.4, 0.5) is 4.39 Å². The van der Waals surface area contributed by atoms with Crippen LogP contribution < -0.4 is 19.5 Å². The summed E-state index contributed by atoms with van der Waals surface area (Å²) < 4.78 is 30.6. The molecule has 0 saturated carbocycles. The molecule has 3 rings (SSSR count). The first-order valence-corrected chi connectivity index (χ1v) is 11.3. The second kappa shape index (κ2) is 12.0. The van der Waals surface area contributed by atoms with Crippen molar-refractivity contribution in [1.82, 2.24) is 5.32 Å². The van der Waals surface area contributed by atoms with Crippen LogP contribution in [0.2, 0.25) is 0 Å². The lowest BCUT2D eigenvalue weighted by atomic mass is 10.1. The molecule has 0 unspecified atom stereocenters. The number of ether oxygens (including phenoxy) is 3. The molecule has 0 aliphatic rings. The maximum atomic E-state index is 13.4. The summed E-state index contributed by atoms with van der Waals surface area (Å²) in [4.78, 5) is 12.6. The molecule has 0 aliphatic heterocycles. The Morgan fingerprint density at radius 2 is 1.85 bits per heavy atom. The molecule has 1 amide bonds. The summed E-state index contributed by atoms with van der Waals surface area (Å²) in [5, 5.41) is 12.3. The van der Waals surface area contributed by atoms with Crippen molar-refractivity contribution in [3.8, 4) is 23.3 Å². The number of benzene rings is 3. The van der Waals surface area contributed by atoms with E-state index in [2.05, 4.69) is 27.9 Å². The number of carbonyl (C=O) groups excluding carboxylic acids is 1. The lowest BCUT2D eigenvalue weighted by Crippen LogP contribution is -2.23. The first-order valence-electron chi connectivity index (χ1n) is 10.2. The molecule has 0 spiro atoms. The van der Waals surface area contributed by atoms with E-state index >= 15 is 0 Å². The number of amides is 1. The maximum absolute atomic E-state index is 13.4. The summed E-state index contributed by atoms with van der Waals surface area (Å²) in [5.41, 5.74) is 2.12. The lowest BCUT2D eigenvalue weighted by Gasteiger charge is -2.14. The smallest absolute Gasteiger partial charge is 0.262 e. The molecule has 174 valence electrons. The van der Waals surface area contributed by atoms with Crippen LogP contribution in [0, 0.1) is 20.7 Å². The summed E-state index contributed by atoms with van der Waals surface area (Å²) in [6, 6.07) is 18.8. The summed E-state index contributed by atoms with van der Waals surface area (Å²) in [5.74, 6) is 0.827. The second-order valence-corrected chi connectivity index (χ2v) is 8.32. The van der Waals surface area contributed by atoms with Crippen LogP contribution in [0.25, 0.3) is 6.08 Å². The third-order valence-corrected chi connectivity index (χ3v) is 5.61. The molecule has 0 fully saturated rings. The third kappa shape index (κ3) is 6.71. The van der Waals surface area contributed by atoms with Gasteiger partial charge in [-0.1, -0.05) is 24.3 Å². The topological polar surface area (TPSA) is 80.6 Å². The number of methoxy groups -OCH3 is 2. The van der Waals surface area contributed by atoms with Gasteiger partial charge >= 0.3 is 0 Å². The predicted octanol–water partition coefficient (Wildman–Crippen LogP) is 5.25. The minimum atomic E-state index is -0.487. The Balaban J connectivity index is 1.73. The van der Waals surface area contributed by atoms with Gasteiger partial charge in [0.2, 0.25) is 0 Å². The van der Waals surface area contributed by atoms with Crippen molar-refractivity contribution in [2.75, 3.05) is 14.2 Å². The van der Waals surface area contributed by atoms with Crippen LogP contribution in [-0.4, -0.2) is 20.1 Å². The van der Waals surface area contributed by atoms with Crippen molar-refractivity contribution in [1.29, 1.82) is 5.26 Å². The summed E-state index contributed by atoms with van der Waals surface area (Å²) >= 11 is 2.09. The Hall–Kier alpha value is -3.58. The van der Waals surface area contributed by atoms with Gasteiger partial charge in [-0.2, -0.15) is 5.26 Å². The largest absolute Gasteiger partial charge is 0.497 e. The Labute approximate surface area is 211 Å². The molecule has 0 aromatic heterocycles. The van der Waals surface area contributed by atoms with Gasteiger partial charge in [0.1, 0.15) is 29.8 Å². The highest BCUT2D eigenvalue weighted by molar-refractivity contribution is 14.1. The first-order chi connectivity index (χ1) is 16.4. The second-order valence-electron chi connectivity index (χ2n) is 7.15. The fourth-order valence-corrected chi connectivity index (χ4v) is 3.86. The number of rotatable bonds is 9. The molecule has 0 aliphatic carbocycles. The van der Waals surface area contributed by atoms with Gasteiger partial charge in [0.25, 0.3) is 5.91 Å². The van der Waals surface area contributed by atoms with Gasteiger partial charge in [-0.05, 0) is 81.8 Å². The number of halogens is 2. The molecule has 0 saturated heterocycles. The highest BCUT2D eigenvalue weighted by atomic mass is 127. The van der Waals surface area contributed by atoms with Gasteiger partial charge in [0, 0.05) is 6.54 Å². The van der Waals surface area contributed by atoms with E-state index in [1.165, 1.54) is 25.3 Å². The molecule has 0 bridgehead atoms. The van der Waals surface area contributed by atoms with Crippen molar-refractivity contribution in [2.24, 2.45) is 0 Å². The molecule has 3 aromatic carbocycles. The van der Waals surface area contributed by atoms with E-state index < -0.39 is 5.91 Å². The zero-order valence-corrected chi connectivity index (χ0v) is 20.8. The SMILES string of the molecule is COc1ccc(CNC(=O)/C(C#N)=C\c2cc(I)c(OCc3cccc(F)c3)c(OC)c2)cc1. The molecule has 8 heteroatoms. The molecular weight excluding hydrogens is 550 g/mol. The van der Waals surface area contributed by atoms with Crippen molar-refractivity contribution < 1.29 is 23.4 Å². The molecule has 34 heavy (non-hydrogen) atoms. The van der Waals surface area contributed by atoms with Gasteiger partial charge in [-0.3, -0.25) is 4.79 Å². The normalized spacial score (nSPS) is 10.9. The Morgan fingerprint density at radius 1 is 1.09 bits per heavy atom. The van der Waals surface area contributed by atoms with Gasteiger partial charge in [0.15, 0.2) is 11.5 Å². The highest BCUT2D eigenvalue weighted by Crippen LogP contribution is 2.35. The quantitative estimate of drug-likeness (QED) is 0.215. The van der Waals surface area contributed by atoms with Crippen molar-refractivity contribution in [3.05, 3.63) is 92.3 Å². The monoisotopic (exact) mass is 572 g/mol. The van der Waals surface area contributed by atoms with Gasteiger partial charge in [0.05, 0.1) is 17.8 Å². The average molecular weight is 572 g/mol. The zero-order valence-electron chi connectivity index (χ0n) is 18.6. The minimum absolute atomic E-state index is 0.0419. The van der Waals surface area contributed by atoms with Crippen LogP contribution >= 0.6 is 22.6 Å². The van der Waals surface area contributed by atoms with Crippen LogP contribution in [0.5, 0.6) is 17.2 Å². The number of carbonyl (C=O) groups is 1. The predicted molar refractivity (Wildman–Crippen MR) is 135 cm³/mol. The third-order valence-electron chi connectivity index (χ3n) is 4.81. The maximum Gasteiger partial charge on any atom is 0.262 e. The van der Waals surface area contributed by atoms with E-state index in [0.717, 1.165) is 14.9 Å². The number of nitriles is 1. The van der Waals surface area contributed by atoms with Crippen LogP contribution in [0.15, 0.2) is 66.2 Å². The number of nitrogens with one attached hydrogen (secondary N) is 1. The van der Waals surface area contributed by atoms with E-state index in [-0.39, 0.29) is 24.5 Å². The number of hydrogen-bond donors (Lipinski definition) is 1. The summed E-state index contributed by atoms with van der Waals surface area (Å²) in [7, 11) is 3.08. The van der Waals surface area contributed by atoms with Gasteiger partial charge < -0.3 is 19.5 Å². The Kier molecular flexibility index (Phi) is 8.87. The van der Waals surface area contributed by atoms with Gasteiger partial charge in [-0.15, -0.1) is 0 Å². The fourth-order valence-electron chi connectivity index (χ4n) is 3.08. The number of hydrogen-bond acceptors (Lipinski definition) is 5. The lowest BCUT2D eigenvalue weighted by molar-refractivity contribution is -0.117. The minimum Gasteiger partial charge on any atom is -0.497 e. The molecule has 0 radical (unpaired) electrons. The molecule has 6 nitrogen and oxygen atoms in total. The summed E-state index contributed by atoms with van der Waals surface area (Å²) in [6.07, 6.45) is 1.49. The van der Waals surface area contributed by atoms with Crippen molar-refractivity contribution in [2.45, 2.75) is 13.2 Å². The molecule has 1 N–H and O–H groups in total. The highest BCUT2D eigenvalue weighted by Gasteiger charge is 2.14. The van der Waals surface area contributed by atoms with E-state index in [1.54, 1.807) is 43.5 Å². The Morgan fingerprint density at radius 3 is 2.50 bits per heavy atom. The molecular formula is C26H22FIN2O4. The molecule has 0 atom stereocenters. The van der Waals surface area contributed by atoms with E-state index in [9.17, 15) is 14.4 Å². The van der Waals surface area contributed by atoms with E-state index in [0.29, 0.717) is 22.6 Å². The molecule has 3 aromatic rings. The van der Waals surface area contributed by atoms with Gasteiger partial charge in [-0.25, -0.2) is 4.39 Å². The fraction of sp³-hybridized carbons (Fsp3) is 0.154.